The van der Waals surface area contributed by atoms with Crippen LogP contribution in [0.2, 0.25) is 0 Å². The molecule has 1 aliphatic rings. The monoisotopic (exact) mass is 239 g/mol. The van der Waals surface area contributed by atoms with Gasteiger partial charge >= 0.3 is 0 Å². The second kappa shape index (κ2) is 5.13. The lowest BCUT2D eigenvalue weighted by molar-refractivity contribution is 0.394. The van der Waals surface area contributed by atoms with Crippen molar-refractivity contribution in [1.82, 2.24) is 5.32 Å². The molecule has 3 heteroatoms. The van der Waals surface area contributed by atoms with E-state index in [9.17, 15) is 8.78 Å². The van der Waals surface area contributed by atoms with E-state index < -0.39 is 11.6 Å². The largest absolute Gasteiger partial charge is 0.311 e. The second-order valence-electron chi connectivity index (χ2n) is 5.16. The maximum Gasteiger partial charge on any atom is 0.159 e. The van der Waals surface area contributed by atoms with Gasteiger partial charge in [-0.2, -0.15) is 0 Å². The molecule has 1 aliphatic carbocycles. The zero-order valence-corrected chi connectivity index (χ0v) is 10.3. The molecule has 0 aromatic heterocycles. The van der Waals surface area contributed by atoms with Gasteiger partial charge in [-0.1, -0.05) is 13.0 Å². The van der Waals surface area contributed by atoms with Crippen LogP contribution in [0.5, 0.6) is 0 Å². The first-order valence-electron chi connectivity index (χ1n) is 6.26. The molecule has 1 aromatic carbocycles. The average Bonchev–Trinajstić information content (AvgIpc) is 3.07. The normalized spacial score (nSPS) is 19.1. The number of halogens is 2. The van der Waals surface area contributed by atoms with Crippen molar-refractivity contribution in [1.29, 1.82) is 0 Å². The van der Waals surface area contributed by atoms with Crippen LogP contribution in [-0.4, -0.2) is 12.1 Å². The number of benzene rings is 1. The van der Waals surface area contributed by atoms with Crippen LogP contribution in [0.25, 0.3) is 0 Å². The molecule has 0 heterocycles. The van der Waals surface area contributed by atoms with Gasteiger partial charge in [-0.05, 0) is 49.8 Å². The zero-order chi connectivity index (χ0) is 12.4. The molecule has 0 spiro atoms. The summed E-state index contributed by atoms with van der Waals surface area (Å²) in [7, 11) is 0. The Morgan fingerprint density at radius 2 is 1.94 bits per heavy atom. The molecule has 1 fully saturated rings. The summed E-state index contributed by atoms with van der Waals surface area (Å²) in [6, 6.07) is 5.26. The summed E-state index contributed by atoms with van der Waals surface area (Å²) in [5.74, 6) is -1.11. The highest BCUT2D eigenvalue weighted by atomic mass is 19.2. The third-order valence-corrected chi connectivity index (χ3v) is 3.47. The van der Waals surface area contributed by atoms with Gasteiger partial charge in [0.1, 0.15) is 0 Å². The standard InChI is InChI=1S/C14H19F2N/c1-9(10(2)17-12-4-5-12)7-11-3-6-13(15)14(16)8-11/h3,6,8-10,12,17H,4-5,7H2,1-2H3. The van der Waals surface area contributed by atoms with Gasteiger partial charge in [-0.15, -0.1) is 0 Å². The van der Waals surface area contributed by atoms with E-state index in [-0.39, 0.29) is 0 Å². The molecule has 1 N–H and O–H groups in total. The molecule has 0 saturated heterocycles. The predicted octanol–water partition coefficient (Wildman–Crippen LogP) is 3.28. The van der Waals surface area contributed by atoms with Crippen LogP contribution < -0.4 is 5.32 Å². The lowest BCUT2D eigenvalue weighted by atomic mass is 9.95. The van der Waals surface area contributed by atoms with Gasteiger partial charge in [0, 0.05) is 12.1 Å². The fourth-order valence-electron chi connectivity index (χ4n) is 2.00. The maximum absolute atomic E-state index is 13.1. The molecule has 0 aliphatic heterocycles. The van der Waals surface area contributed by atoms with Gasteiger partial charge in [0.05, 0.1) is 0 Å². The molecule has 1 aromatic rings. The first kappa shape index (κ1) is 12.5. The summed E-state index contributed by atoms with van der Waals surface area (Å²) in [4.78, 5) is 0. The van der Waals surface area contributed by atoms with Gasteiger partial charge in [0.15, 0.2) is 11.6 Å². The average molecular weight is 239 g/mol. The Kier molecular flexibility index (Phi) is 3.77. The number of hydrogen-bond donors (Lipinski definition) is 1. The molecule has 1 nitrogen and oxygen atoms in total. The molecule has 17 heavy (non-hydrogen) atoms. The third-order valence-electron chi connectivity index (χ3n) is 3.47. The highest BCUT2D eigenvalue weighted by Gasteiger charge is 2.25. The maximum atomic E-state index is 13.1. The van der Waals surface area contributed by atoms with Gasteiger partial charge in [0.25, 0.3) is 0 Å². The summed E-state index contributed by atoms with van der Waals surface area (Å²) in [6.45, 7) is 4.30. The van der Waals surface area contributed by atoms with E-state index in [4.69, 9.17) is 0 Å². The van der Waals surface area contributed by atoms with E-state index in [1.54, 1.807) is 6.07 Å². The summed E-state index contributed by atoms with van der Waals surface area (Å²) in [6.07, 6.45) is 3.31. The van der Waals surface area contributed by atoms with Crippen molar-refractivity contribution in [2.45, 2.75) is 45.2 Å². The van der Waals surface area contributed by atoms with Gasteiger partial charge < -0.3 is 5.32 Å². The van der Waals surface area contributed by atoms with Crippen LogP contribution in [-0.2, 0) is 6.42 Å². The van der Waals surface area contributed by atoms with E-state index in [1.807, 2.05) is 0 Å². The van der Waals surface area contributed by atoms with Crippen LogP contribution in [0.15, 0.2) is 18.2 Å². The van der Waals surface area contributed by atoms with Crippen LogP contribution >= 0.6 is 0 Å². The number of rotatable bonds is 5. The lowest BCUT2D eigenvalue weighted by Gasteiger charge is -2.21. The van der Waals surface area contributed by atoms with E-state index in [2.05, 4.69) is 19.2 Å². The van der Waals surface area contributed by atoms with Crippen molar-refractivity contribution in [2.75, 3.05) is 0 Å². The fraction of sp³-hybridized carbons (Fsp3) is 0.571. The molecule has 1 saturated carbocycles. The molecule has 0 radical (unpaired) electrons. The van der Waals surface area contributed by atoms with E-state index >= 15 is 0 Å². The van der Waals surface area contributed by atoms with E-state index in [1.165, 1.54) is 25.0 Å². The highest BCUT2D eigenvalue weighted by Crippen LogP contribution is 2.22. The first-order chi connectivity index (χ1) is 8.06. The molecular formula is C14H19F2N. The van der Waals surface area contributed by atoms with Crippen LogP contribution in [0.3, 0.4) is 0 Å². The van der Waals surface area contributed by atoms with Crippen LogP contribution in [0.1, 0.15) is 32.3 Å². The van der Waals surface area contributed by atoms with Crippen molar-refractivity contribution in [2.24, 2.45) is 5.92 Å². The molecule has 2 rings (SSSR count). The Bertz CT molecular complexity index is 388. The summed E-state index contributed by atoms with van der Waals surface area (Å²) in [5.41, 5.74) is 0.862. The third kappa shape index (κ3) is 3.50. The Morgan fingerprint density at radius 3 is 2.53 bits per heavy atom. The molecule has 0 amide bonds. The Labute approximate surface area is 101 Å². The second-order valence-corrected chi connectivity index (χ2v) is 5.16. The molecule has 2 atom stereocenters. The number of hydrogen-bond acceptors (Lipinski definition) is 1. The van der Waals surface area contributed by atoms with E-state index in [0.29, 0.717) is 18.0 Å². The minimum absolute atomic E-state index is 0.413. The minimum atomic E-state index is -0.773. The van der Waals surface area contributed by atoms with Gasteiger partial charge in [-0.25, -0.2) is 8.78 Å². The molecule has 94 valence electrons. The SMILES string of the molecule is CC(Cc1ccc(F)c(F)c1)C(C)NC1CC1. The van der Waals surface area contributed by atoms with Crippen LogP contribution in [0, 0.1) is 17.6 Å². The van der Waals surface area contributed by atoms with Crippen molar-refractivity contribution in [3.8, 4) is 0 Å². The quantitative estimate of drug-likeness (QED) is 0.831. The Morgan fingerprint density at radius 1 is 1.24 bits per heavy atom. The van der Waals surface area contributed by atoms with Gasteiger partial charge in [0.2, 0.25) is 0 Å². The zero-order valence-electron chi connectivity index (χ0n) is 10.3. The summed E-state index contributed by atoms with van der Waals surface area (Å²) in [5, 5.41) is 3.53. The molecule has 0 bridgehead atoms. The fourth-order valence-corrected chi connectivity index (χ4v) is 2.00. The molecular weight excluding hydrogens is 220 g/mol. The van der Waals surface area contributed by atoms with Gasteiger partial charge in [-0.3, -0.25) is 0 Å². The van der Waals surface area contributed by atoms with Crippen molar-refractivity contribution in [3.63, 3.8) is 0 Å². The smallest absolute Gasteiger partial charge is 0.159 e. The predicted molar refractivity (Wildman–Crippen MR) is 64.8 cm³/mol. The highest BCUT2D eigenvalue weighted by molar-refractivity contribution is 5.18. The van der Waals surface area contributed by atoms with Crippen molar-refractivity contribution < 1.29 is 8.78 Å². The van der Waals surface area contributed by atoms with Crippen molar-refractivity contribution in [3.05, 3.63) is 35.4 Å². The van der Waals surface area contributed by atoms with Crippen LogP contribution in [0.4, 0.5) is 8.78 Å². The van der Waals surface area contributed by atoms with Crippen molar-refractivity contribution >= 4 is 0 Å². The Hall–Kier alpha value is -0.960. The minimum Gasteiger partial charge on any atom is -0.311 e. The first-order valence-corrected chi connectivity index (χ1v) is 6.26. The summed E-state index contributed by atoms with van der Waals surface area (Å²) < 4.78 is 25.8. The van der Waals surface area contributed by atoms with E-state index in [0.717, 1.165) is 12.0 Å². The Balaban J connectivity index is 1.91. The topological polar surface area (TPSA) is 12.0 Å². The molecule has 2 unspecified atom stereocenters. The lowest BCUT2D eigenvalue weighted by Crippen LogP contribution is -2.34. The number of nitrogens with one attached hydrogen (secondary N) is 1. The summed E-state index contributed by atoms with van der Waals surface area (Å²) >= 11 is 0.